The lowest BCUT2D eigenvalue weighted by molar-refractivity contribution is -0.148. The van der Waals surface area contributed by atoms with Gasteiger partial charge in [0.25, 0.3) is 0 Å². The summed E-state index contributed by atoms with van der Waals surface area (Å²) >= 11 is 0. The molecule has 2 atom stereocenters. The Bertz CT molecular complexity index is 168. The molecule has 1 aliphatic heterocycles. The first-order valence-electron chi connectivity index (χ1n) is 4.13. The summed E-state index contributed by atoms with van der Waals surface area (Å²) < 4.78 is 10.1. The number of epoxide rings is 1. The number of hydrogen-bond acceptors (Lipinski definition) is 3. The van der Waals surface area contributed by atoms with Crippen molar-refractivity contribution >= 4 is 5.97 Å². The van der Waals surface area contributed by atoms with Crippen LogP contribution >= 0.6 is 0 Å². The molecule has 62 valence electrons. The number of carbonyl (C=O) groups excluding carboxylic acids is 1. The first-order chi connectivity index (χ1) is 5.31. The average Bonchev–Trinajstić information content (AvgIpc) is 2.59. The van der Waals surface area contributed by atoms with E-state index in [0.717, 1.165) is 12.8 Å². The second kappa shape index (κ2) is 2.48. The summed E-state index contributed by atoms with van der Waals surface area (Å²) in [7, 11) is 0. The molecule has 0 aromatic rings. The monoisotopic (exact) mass is 156 g/mol. The maximum Gasteiger partial charge on any atom is 0.309 e. The predicted molar refractivity (Wildman–Crippen MR) is 38.0 cm³/mol. The summed E-state index contributed by atoms with van der Waals surface area (Å²) in [6.45, 7) is 2.33. The summed E-state index contributed by atoms with van der Waals surface area (Å²) in [4.78, 5) is 11.1. The third-order valence-electron chi connectivity index (χ3n) is 2.34. The van der Waals surface area contributed by atoms with Gasteiger partial charge in [0.15, 0.2) is 0 Å². The molecular weight excluding hydrogens is 144 g/mol. The van der Waals surface area contributed by atoms with Crippen LogP contribution in [0.2, 0.25) is 0 Å². The van der Waals surface area contributed by atoms with Crippen LogP contribution < -0.4 is 0 Å². The first-order valence-corrected chi connectivity index (χ1v) is 4.13. The molecule has 2 rings (SSSR count). The number of rotatable bonds is 2. The molecule has 2 fully saturated rings. The minimum Gasteiger partial charge on any atom is -0.466 e. The normalized spacial score (nSPS) is 39.9. The number of ether oxygens (including phenoxy) is 2. The number of carbonyl (C=O) groups is 1. The molecule has 0 N–H and O–H groups in total. The molecule has 1 aliphatic carbocycles. The molecule has 0 aromatic carbocycles. The Kier molecular flexibility index (Phi) is 1.60. The smallest absolute Gasteiger partial charge is 0.309 e. The van der Waals surface area contributed by atoms with E-state index in [4.69, 9.17) is 9.47 Å². The molecule has 11 heavy (non-hydrogen) atoms. The predicted octanol–water partition coefficient (Wildman–Crippen LogP) is 0.727. The Morgan fingerprint density at radius 3 is 2.73 bits per heavy atom. The van der Waals surface area contributed by atoms with Crippen molar-refractivity contribution in [1.82, 2.24) is 0 Å². The van der Waals surface area contributed by atoms with Crippen LogP contribution in [0.4, 0.5) is 0 Å². The van der Waals surface area contributed by atoms with E-state index in [1.165, 1.54) is 0 Å². The van der Waals surface area contributed by atoms with E-state index in [2.05, 4.69) is 0 Å². The molecule has 1 heterocycles. The highest BCUT2D eigenvalue weighted by molar-refractivity contribution is 5.73. The van der Waals surface area contributed by atoms with Gasteiger partial charge in [0.1, 0.15) is 0 Å². The van der Waals surface area contributed by atoms with E-state index in [9.17, 15) is 4.79 Å². The zero-order valence-electron chi connectivity index (χ0n) is 6.58. The van der Waals surface area contributed by atoms with E-state index in [-0.39, 0.29) is 11.9 Å². The van der Waals surface area contributed by atoms with E-state index in [1.807, 2.05) is 6.92 Å². The number of fused-ring (bicyclic) bond motifs is 1. The van der Waals surface area contributed by atoms with Gasteiger partial charge in [-0.15, -0.1) is 0 Å². The highest BCUT2D eigenvalue weighted by Crippen LogP contribution is 2.42. The average molecular weight is 156 g/mol. The lowest BCUT2D eigenvalue weighted by Crippen LogP contribution is -2.16. The van der Waals surface area contributed by atoms with E-state index in [0.29, 0.717) is 18.8 Å². The molecular formula is C8H12O3. The zero-order valence-corrected chi connectivity index (χ0v) is 6.58. The molecule has 2 unspecified atom stereocenters. The van der Waals surface area contributed by atoms with Gasteiger partial charge in [0, 0.05) is 0 Å². The SMILES string of the molecule is CCOC(=O)C1CC2OC2C1. The van der Waals surface area contributed by atoms with E-state index >= 15 is 0 Å². The summed E-state index contributed by atoms with van der Waals surface area (Å²) in [5, 5.41) is 0. The largest absolute Gasteiger partial charge is 0.466 e. The van der Waals surface area contributed by atoms with Crippen molar-refractivity contribution in [2.45, 2.75) is 32.0 Å². The second-order valence-electron chi connectivity index (χ2n) is 3.13. The maximum absolute atomic E-state index is 11.1. The van der Waals surface area contributed by atoms with Crippen LogP contribution in [0.1, 0.15) is 19.8 Å². The fourth-order valence-electron chi connectivity index (χ4n) is 1.70. The van der Waals surface area contributed by atoms with Gasteiger partial charge in [-0.1, -0.05) is 0 Å². The van der Waals surface area contributed by atoms with Crippen LogP contribution in [0.3, 0.4) is 0 Å². The fourth-order valence-corrected chi connectivity index (χ4v) is 1.70. The van der Waals surface area contributed by atoms with Crippen LogP contribution in [0, 0.1) is 5.92 Å². The van der Waals surface area contributed by atoms with Gasteiger partial charge in [-0.05, 0) is 19.8 Å². The third kappa shape index (κ3) is 1.25. The zero-order chi connectivity index (χ0) is 7.84. The summed E-state index contributed by atoms with van der Waals surface area (Å²) in [5.41, 5.74) is 0. The molecule has 1 saturated carbocycles. The van der Waals surface area contributed by atoms with Crippen LogP contribution in [0.15, 0.2) is 0 Å². The summed E-state index contributed by atoms with van der Waals surface area (Å²) in [5.74, 6) is 0.0852. The van der Waals surface area contributed by atoms with Crippen molar-refractivity contribution in [3.63, 3.8) is 0 Å². The third-order valence-corrected chi connectivity index (χ3v) is 2.34. The fraction of sp³-hybridized carbons (Fsp3) is 0.875. The number of hydrogen-bond donors (Lipinski definition) is 0. The van der Waals surface area contributed by atoms with E-state index in [1.54, 1.807) is 0 Å². The van der Waals surface area contributed by atoms with Crippen LogP contribution in [-0.4, -0.2) is 24.8 Å². The quantitative estimate of drug-likeness (QED) is 0.437. The van der Waals surface area contributed by atoms with Gasteiger partial charge in [0.2, 0.25) is 0 Å². The molecule has 3 heteroatoms. The first kappa shape index (κ1) is 7.10. The maximum atomic E-state index is 11.1. The van der Waals surface area contributed by atoms with Gasteiger partial charge >= 0.3 is 5.97 Å². The lowest BCUT2D eigenvalue weighted by atomic mass is 10.1. The van der Waals surface area contributed by atoms with Crippen molar-refractivity contribution in [1.29, 1.82) is 0 Å². The van der Waals surface area contributed by atoms with Gasteiger partial charge in [0.05, 0.1) is 24.7 Å². The highest BCUT2D eigenvalue weighted by atomic mass is 16.6. The number of esters is 1. The van der Waals surface area contributed by atoms with E-state index < -0.39 is 0 Å². The Hall–Kier alpha value is -0.570. The van der Waals surface area contributed by atoms with Crippen molar-refractivity contribution in [3.05, 3.63) is 0 Å². The van der Waals surface area contributed by atoms with Crippen molar-refractivity contribution in [3.8, 4) is 0 Å². The van der Waals surface area contributed by atoms with Crippen LogP contribution in [-0.2, 0) is 14.3 Å². The van der Waals surface area contributed by atoms with Gasteiger partial charge < -0.3 is 9.47 Å². The molecule has 0 spiro atoms. The minimum atomic E-state index is -0.0386. The summed E-state index contributed by atoms with van der Waals surface area (Å²) in [6.07, 6.45) is 2.52. The lowest BCUT2D eigenvalue weighted by Gasteiger charge is -2.08. The van der Waals surface area contributed by atoms with Crippen LogP contribution in [0.5, 0.6) is 0 Å². The van der Waals surface area contributed by atoms with Gasteiger partial charge in [-0.3, -0.25) is 4.79 Å². The topological polar surface area (TPSA) is 38.8 Å². The molecule has 1 saturated heterocycles. The molecule has 0 amide bonds. The van der Waals surface area contributed by atoms with Crippen molar-refractivity contribution in [2.24, 2.45) is 5.92 Å². The standard InChI is InChI=1S/C8H12O3/c1-2-10-8(9)5-3-6-7(4-5)11-6/h5-7H,2-4H2,1H3. The molecule has 3 nitrogen and oxygen atoms in total. The highest BCUT2D eigenvalue weighted by Gasteiger charge is 2.50. The molecule has 0 radical (unpaired) electrons. The molecule has 0 aromatic heterocycles. The van der Waals surface area contributed by atoms with Crippen LogP contribution in [0.25, 0.3) is 0 Å². The summed E-state index contributed by atoms with van der Waals surface area (Å²) in [6, 6.07) is 0. The molecule has 0 bridgehead atoms. The van der Waals surface area contributed by atoms with Gasteiger partial charge in [-0.2, -0.15) is 0 Å². The van der Waals surface area contributed by atoms with Crippen molar-refractivity contribution in [2.75, 3.05) is 6.61 Å². The second-order valence-corrected chi connectivity index (χ2v) is 3.13. The molecule has 2 aliphatic rings. The Morgan fingerprint density at radius 2 is 2.18 bits per heavy atom. The Labute approximate surface area is 65.7 Å². The van der Waals surface area contributed by atoms with Crippen molar-refractivity contribution < 1.29 is 14.3 Å². The Morgan fingerprint density at radius 1 is 1.55 bits per heavy atom. The Balaban J connectivity index is 1.82. The minimum absolute atomic E-state index is 0.0386. The van der Waals surface area contributed by atoms with Gasteiger partial charge in [-0.25, -0.2) is 0 Å².